The van der Waals surface area contributed by atoms with Gasteiger partial charge in [0, 0.05) is 23.5 Å². The SMILES string of the molecule is C[C@H](c1ccc2c(Cl)c(OC3CCC(C(F)(F)F)CC3)ccc2c1)N1C2CCC1CC(C(=O)O)C2. The van der Waals surface area contributed by atoms with E-state index in [0.717, 1.165) is 23.6 Å². The van der Waals surface area contributed by atoms with Gasteiger partial charge >= 0.3 is 12.1 Å². The highest BCUT2D eigenvalue weighted by Gasteiger charge is 2.45. The van der Waals surface area contributed by atoms with E-state index in [1.807, 2.05) is 18.2 Å². The molecule has 2 bridgehead atoms. The predicted molar refractivity (Wildman–Crippen MR) is 129 cm³/mol. The zero-order valence-corrected chi connectivity index (χ0v) is 20.5. The van der Waals surface area contributed by atoms with Crippen LogP contribution >= 0.6 is 11.6 Å². The van der Waals surface area contributed by atoms with Crippen LogP contribution in [0.15, 0.2) is 30.3 Å². The second kappa shape index (κ2) is 9.47. The highest BCUT2D eigenvalue weighted by Crippen LogP contribution is 2.45. The lowest BCUT2D eigenvalue weighted by Crippen LogP contribution is -2.45. The van der Waals surface area contributed by atoms with Gasteiger partial charge in [0.2, 0.25) is 0 Å². The number of carbonyl (C=O) groups is 1. The summed E-state index contributed by atoms with van der Waals surface area (Å²) in [5.74, 6) is -1.64. The molecule has 2 aromatic carbocycles. The van der Waals surface area contributed by atoms with Crippen molar-refractivity contribution in [2.45, 2.75) is 88.7 Å². The normalized spacial score (nSPS) is 30.4. The molecule has 0 amide bonds. The predicted octanol–water partition coefficient (Wildman–Crippen LogP) is 7.38. The van der Waals surface area contributed by atoms with Crippen molar-refractivity contribution in [1.82, 2.24) is 4.90 Å². The molecule has 0 aromatic heterocycles. The zero-order valence-electron chi connectivity index (χ0n) is 19.7. The number of rotatable bonds is 5. The molecule has 3 aliphatic rings. The summed E-state index contributed by atoms with van der Waals surface area (Å²) >= 11 is 6.67. The van der Waals surface area contributed by atoms with E-state index in [0.29, 0.717) is 48.5 Å². The second-order valence-corrected chi connectivity index (χ2v) is 10.9. The van der Waals surface area contributed by atoms with Gasteiger partial charge in [-0.1, -0.05) is 29.8 Å². The van der Waals surface area contributed by atoms with Crippen molar-refractivity contribution in [2.75, 3.05) is 0 Å². The lowest BCUT2D eigenvalue weighted by molar-refractivity contribution is -0.185. The third-order valence-corrected chi connectivity index (χ3v) is 8.83. The first kappa shape index (κ1) is 24.7. The number of carboxylic acid groups (broad SMARTS) is 1. The molecule has 2 aromatic rings. The molecule has 5 rings (SSSR count). The molecule has 1 saturated carbocycles. The molecule has 8 heteroatoms. The molecule has 1 aliphatic carbocycles. The Kier molecular flexibility index (Phi) is 6.68. The molecule has 3 atom stereocenters. The lowest BCUT2D eigenvalue weighted by Gasteiger charge is -2.41. The lowest BCUT2D eigenvalue weighted by atomic mass is 9.87. The summed E-state index contributed by atoms with van der Waals surface area (Å²) in [6.07, 6.45) is 0.0407. The summed E-state index contributed by atoms with van der Waals surface area (Å²) in [4.78, 5) is 14.0. The van der Waals surface area contributed by atoms with Crippen LogP contribution in [0, 0.1) is 11.8 Å². The minimum Gasteiger partial charge on any atom is -0.489 e. The Hall–Kier alpha value is -1.99. The van der Waals surface area contributed by atoms with Crippen molar-refractivity contribution in [3.63, 3.8) is 0 Å². The fourth-order valence-electron chi connectivity index (χ4n) is 6.55. The van der Waals surface area contributed by atoms with Crippen molar-refractivity contribution >= 4 is 28.3 Å². The number of hydrogen-bond donors (Lipinski definition) is 1. The van der Waals surface area contributed by atoms with Gasteiger partial charge < -0.3 is 9.84 Å². The highest BCUT2D eigenvalue weighted by atomic mass is 35.5. The Labute approximate surface area is 208 Å². The molecule has 2 aliphatic heterocycles. The average molecular weight is 510 g/mol. The quantitative estimate of drug-likeness (QED) is 0.456. The number of ether oxygens (including phenoxy) is 1. The van der Waals surface area contributed by atoms with Gasteiger partial charge in [-0.05, 0) is 81.4 Å². The first-order valence-electron chi connectivity index (χ1n) is 12.6. The van der Waals surface area contributed by atoms with Gasteiger partial charge in [0.15, 0.2) is 0 Å². The molecule has 4 nitrogen and oxygen atoms in total. The van der Waals surface area contributed by atoms with Crippen LogP contribution in [0.3, 0.4) is 0 Å². The van der Waals surface area contributed by atoms with E-state index in [2.05, 4.69) is 24.0 Å². The largest absolute Gasteiger partial charge is 0.489 e. The standard InChI is InChI=1S/C27H31ClF3NO3/c1-15(32-20-6-7-21(32)14-18(13-20)26(33)34)16-2-10-23-17(12-16)3-11-24(25(23)28)35-22-8-4-19(5-9-22)27(29,30)31/h2-3,10-12,15,18-22H,4-9,13-14H2,1H3,(H,33,34)/t15-,18?,19?,20?,21?,22?/m1/s1. The fourth-order valence-corrected chi connectivity index (χ4v) is 6.83. The van der Waals surface area contributed by atoms with E-state index >= 15 is 0 Å². The number of aliphatic carboxylic acids is 1. The molecular weight excluding hydrogens is 479 g/mol. The number of piperidine rings is 1. The smallest absolute Gasteiger partial charge is 0.391 e. The Balaban J connectivity index is 1.29. The second-order valence-electron chi connectivity index (χ2n) is 10.5. The van der Waals surface area contributed by atoms with Crippen LogP contribution in [-0.2, 0) is 4.79 Å². The molecular formula is C27H31ClF3NO3. The van der Waals surface area contributed by atoms with Gasteiger partial charge in [0.1, 0.15) is 5.75 Å². The average Bonchev–Trinajstić information content (AvgIpc) is 3.08. The zero-order chi connectivity index (χ0) is 24.9. The Bertz CT molecular complexity index is 1090. The molecule has 2 saturated heterocycles. The molecule has 3 fully saturated rings. The topological polar surface area (TPSA) is 49.8 Å². The minimum atomic E-state index is -4.13. The van der Waals surface area contributed by atoms with Crippen molar-refractivity contribution in [1.29, 1.82) is 0 Å². The summed E-state index contributed by atoms with van der Waals surface area (Å²) in [5.41, 5.74) is 1.17. The van der Waals surface area contributed by atoms with Crippen molar-refractivity contribution in [3.8, 4) is 5.75 Å². The molecule has 0 spiro atoms. The fraction of sp³-hybridized carbons (Fsp3) is 0.593. The molecule has 0 radical (unpaired) electrons. The van der Waals surface area contributed by atoms with Crippen molar-refractivity contribution in [2.24, 2.45) is 11.8 Å². The maximum atomic E-state index is 12.9. The van der Waals surface area contributed by atoms with Gasteiger partial charge in [-0.25, -0.2) is 0 Å². The Morgan fingerprint density at radius 1 is 1.06 bits per heavy atom. The van der Waals surface area contributed by atoms with Gasteiger partial charge in [0.25, 0.3) is 0 Å². The molecule has 2 unspecified atom stereocenters. The first-order chi connectivity index (χ1) is 16.6. The Morgan fingerprint density at radius 2 is 1.71 bits per heavy atom. The number of halogens is 4. The summed E-state index contributed by atoms with van der Waals surface area (Å²) in [6, 6.07) is 10.7. The number of benzene rings is 2. The van der Waals surface area contributed by atoms with Gasteiger partial charge in [0.05, 0.1) is 23.0 Å². The van der Waals surface area contributed by atoms with Crippen molar-refractivity contribution < 1.29 is 27.8 Å². The molecule has 35 heavy (non-hydrogen) atoms. The van der Waals surface area contributed by atoms with Crippen LogP contribution in [0.25, 0.3) is 10.8 Å². The van der Waals surface area contributed by atoms with Crippen LogP contribution in [0.2, 0.25) is 5.02 Å². The third kappa shape index (κ3) is 4.86. The summed E-state index contributed by atoms with van der Waals surface area (Å²) in [5, 5.41) is 11.8. The van der Waals surface area contributed by atoms with E-state index in [1.165, 1.54) is 5.56 Å². The van der Waals surface area contributed by atoms with E-state index in [9.17, 15) is 23.1 Å². The number of fused-ring (bicyclic) bond motifs is 3. The van der Waals surface area contributed by atoms with Crippen LogP contribution in [0.4, 0.5) is 13.2 Å². The van der Waals surface area contributed by atoms with Gasteiger partial charge in [-0.2, -0.15) is 13.2 Å². The van der Waals surface area contributed by atoms with Gasteiger partial charge in [-0.15, -0.1) is 0 Å². The number of carboxylic acids is 1. The summed E-state index contributed by atoms with van der Waals surface area (Å²) in [6.45, 7) is 2.18. The highest BCUT2D eigenvalue weighted by molar-refractivity contribution is 6.37. The monoisotopic (exact) mass is 509 g/mol. The van der Waals surface area contributed by atoms with Crippen molar-refractivity contribution in [3.05, 3.63) is 40.9 Å². The number of alkyl halides is 3. The molecule has 2 heterocycles. The Morgan fingerprint density at radius 3 is 2.31 bits per heavy atom. The maximum Gasteiger partial charge on any atom is 0.391 e. The molecule has 190 valence electrons. The summed E-state index contributed by atoms with van der Waals surface area (Å²) < 4.78 is 44.9. The third-order valence-electron chi connectivity index (χ3n) is 8.44. The van der Waals surface area contributed by atoms with E-state index < -0.39 is 18.1 Å². The van der Waals surface area contributed by atoms with Crippen LogP contribution in [0.5, 0.6) is 5.75 Å². The summed E-state index contributed by atoms with van der Waals surface area (Å²) in [7, 11) is 0. The number of hydrogen-bond acceptors (Lipinski definition) is 3. The molecule has 1 N–H and O–H groups in total. The van der Waals surface area contributed by atoms with Gasteiger partial charge in [-0.3, -0.25) is 9.69 Å². The number of nitrogens with zero attached hydrogens (tertiary/aromatic N) is 1. The van der Waals surface area contributed by atoms with E-state index in [4.69, 9.17) is 16.3 Å². The van der Waals surface area contributed by atoms with E-state index in [-0.39, 0.29) is 30.9 Å². The minimum absolute atomic E-state index is 0.0896. The van der Waals surface area contributed by atoms with E-state index in [1.54, 1.807) is 0 Å². The van der Waals surface area contributed by atoms with Crippen LogP contribution in [0.1, 0.15) is 69.9 Å². The first-order valence-corrected chi connectivity index (χ1v) is 13.0. The van der Waals surface area contributed by atoms with Crippen LogP contribution in [-0.4, -0.2) is 40.3 Å². The van der Waals surface area contributed by atoms with Crippen LogP contribution < -0.4 is 4.74 Å². The maximum absolute atomic E-state index is 12.9.